The van der Waals surface area contributed by atoms with E-state index >= 15 is 0 Å². The molecule has 0 aliphatic carbocycles. The van der Waals surface area contributed by atoms with E-state index in [0.717, 1.165) is 59.6 Å². The first-order valence-corrected chi connectivity index (χ1v) is 11.9. The van der Waals surface area contributed by atoms with E-state index in [1.807, 2.05) is 36.4 Å². The van der Waals surface area contributed by atoms with Crippen LogP contribution in [0.2, 0.25) is 0 Å². The van der Waals surface area contributed by atoms with E-state index < -0.39 is 0 Å². The second-order valence-corrected chi connectivity index (χ2v) is 8.65. The van der Waals surface area contributed by atoms with Crippen molar-refractivity contribution in [1.82, 2.24) is 5.32 Å². The molecule has 5 nitrogen and oxygen atoms in total. The summed E-state index contributed by atoms with van der Waals surface area (Å²) < 4.78 is 5.91. The van der Waals surface area contributed by atoms with Gasteiger partial charge in [-0.1, -0.05) is 48.0 Å². The van der Waals surface area contributed by atoms with E-state index in [9.17, 15) is 4.79 Å². The van der Waals surface area contributed by atoms with Crippen molar-refractivity contribution in [2.24, 2.45) is 0 Å². The van der Waals surface area contributed by atoms with Crippen LogP contribution in [0.4, 0.5) is 5.69 Å². The number of hydrogen-bond acceptors (Lipinski definition) is 4. The fourth-order valence-corrected chi connectivity index (χ4v) is 3.94. The lowest BCUT2D eigenvalue weighted by molar-refractivity contribution is -0.113. The van der Waals surface area contributed by atoms with Crippen molar-refractivity contribution in [1.29, 1.82) is 0 Å². The van der Waals surface area contributed by atoms with Crippen molar-refractivity contribution in [3.63, 3.8) is 0 Å². The van der Waals surface area contributed by atoms with E-state index in [0.29, 0.717) is 18.6 Å². The van der Waals surface area contributed by atoms with E-state index in [1.165, 1.54) is 5.56 Å². The molecule has 3 N–H and O–H groups in total. The molecule has 4 rings (SSSR count). The Balaban J connectivity index is 1.42. The minimum absolute atomic E-state index is 0.105. The molecule has 0 spiro atoms. The van der Waals surface area contributed by atoms with E-state index in [4.69, 9.17) is 9.84 Å². The third kappa shape index (κ3) is 6.34. The van der Waals surface area contributed by atoms with Crippen LogP contribution in [0.5, 0.6) is 5.75 Å². The van der Waals surface area contributed by atoms with Gasteiger partial charge in [-0.3, -0.25) is 4.79 Å². The van der Waals surface area contributed by atoms with Crippen LogP contribution in [0.1, 0.15) is 36.0 Å². The highest BCUT2D eigenvalue weighted by atomic mass is 16.5. The van der Waals surface area contributed by atoms with E-state index in [2.05, 4.69) is 54.0 Å². The molecule has 5 heteroatoms. The minimum Gasteiger partial charge on any atom is -0.493 e. The third-order valence-electron chi connectivity index (χ3n) is 5.95. The molecule has 0 saturated heterocycles. The highest BCUT2D eigenvalue weighted by molar-refractivity contribution is 6.07. The zero-order valence-corrected chi connectivity index (χ0v) is 19.6. The van der Waals surface area contributed by atoms with Crippen LogP contribution in [0.3, 0.4) is 0 Å². The monoisotopic (exact) mass is 456 g/mol. The molecule has 0 fully saturated rings. The van der Waals surface area contributed by atoms with Crippen LogP contribution in [0.15, 0.2) is 72.3 Å². The van der Waals surface area contributed by atoms with Crippen molar-refractivity contribution >= 4 is 17.7 Å². The van der Waals surface area contributed by atoms with Crippen molar-refractivity contribution < 1.29 is 14.6 Å². The van der Waals surface area contributed by atoms with Crippen LogP contribution >= 0.6 is 0 Å². The maximum atomic E-state index is 13.0. The van der Waals surface area contributed by atoms with Crippen LogP contribution in [-0.4, -0.2) is 30.8 Å². The first-order chi connectivity index (χ1) is 16.6. The summed E-state index contributed by atoms with van der Waals surface area (Å²) in [7, 11) is 0. The van der Waals surface area contributed by atoms with Gasteiger partial charge < -0.3 is 20.5 Å². The number of benzene rings is 3. The molecule has 0 unspecified atom stereocenters. The zero-order chi connectivity index (χ0) is 23.8. The predicted octanol–water partition coefficient (Wildman–Crippen LogP) is 5.33. The van der Waals surface area contributed by atoms with Crippen LogP contribution in [-0.2, 0) is 11.3 Å². The highest BCUT2D eigenvalue weighted by Gasteiger charge is 2.16. The lowest BCUT2D eigenvalue weighted by atomic mass is 10.00. The van der Waals surface area contributed by atoms with Gasteiger partial charge in [0.2, 0.25) is 0 Å². The van der Waals surface area contributed by atoms with Gasteiger partial charge >= 0.3 is 0 Å². The van der Waals surface area contributed by atoms with Crippen molar-refractivity contribution in [2.75, 3.05) is 25.1 Å². The van der Waals surface area contributed by atoms with Crippen molar-refractivity contribution in [2.45, 2.75) is 32.7 Å². The molecule has 0 aromatic heterocycles. The molecule has 176 valence electrons. The number of aryl methyl sites for hydroxylation is 1. The highest BCUT2D eigenvalue weighted by Crippen LogP contribution is 2.31. The standard InChI is InChI=1S/C29H32N2O3/c1-21-4-8-23(9-5-21)24-10-13-28-26(18-24)19-25(14-17-34-28)29(33)31-27-11-6-22(7-12-27)20-30-15-2-3-16-32/h4-13,18-19,30,32H,2-3,14-17,20H2,1H3,(H,31,33). The summed E-state index contributed by atoms with van der Waals surface area (Å²) in [6.07, 6.45) is 4.27. The number of ether oxygens (including phenoxy) is 1. The van der Waals surface area contributed by atoms with Gasteiger partial charge in [-0.2, -0.15) is 0 Å². The van der Waals surface area contributed by atoms with E-state index in [-0.39, 0.29) is 12.5 Å². The van der Waals surface area contributed by atoms with Gasteiger partial charge in [0, 0.05) is 36.4 Å². The second-order valence-electron chi connectivity index (χ2n) is 8.65. The minimum atomic E-state index is -0.105. The van der Waals surface area contributed by atoms with Gasteiger partial charge in [0.1, 0.15) is 5.75 Å². The number of anilines is 1. The Morgan fingerprint density at radius 3 is 2.50 bits per heavy atom. The number of fused-ring (bicyclic) bond motifs is 1. The molecule has 34 heavy (non-hydrogen) atoms. The number of carbonyl (C=O) groups is 1. The Morgan fingerprint density at radius 2 is 1.74 bits per heavy atom. The smallest absolute Gasteiger partial charge is 0.251 e. The number of carbonyl (C=O) groups excluding carboxylic acids is 1. The van der Waals surface area contributed by atoms with Crippen LogP contribution in [0, 0.1) is 6.92 Å². The van der Waals surface area contributed by atoms with Gasteiger partial charge in [-0.25, -0.2) is 0 Å². The molecule has 0 radical (unpaired) electrons. The molecule has 1 aliphatic heterocycles. The van der Waals surface area contributed by atoms with Gasteiger partial charge in [-0.05, 0) is 73.3 Å². The van der Waals surface area contributed by atoms with Gasteiger partial charge in [0.25, 0.3) is 5.91 Å². The normalized spacial score (nSPS) is 12.8. The maximum Gasteiger partial charge on any atom is 0.251 e. The maximum absolute atomic E-state index is 13.0. The first-order valence-electron chi connectivity index (χ1n) is 11.9. The number of aliphatic hydroxyl groups excluding tert-OH is 1. The number of hydrogen-bond donors (Lipinski definition) is 3. The molecule has 3 aromatic rings. The third-order valence-corrected chi connectivity index (χ3v) is 5.95. The fourth-order valence-electron chi connectivity index (χ4n) is 3.94. The lowest BCUT2D eigenvalue weighted by Crippen LogP contribution is -2.16. The summed E-state index contributed by atoms with van der Waals surface area (Å²) in [6.45, 7) is 4.42. The molecular weight excluding hydrogens is 424 g/mol. The average Bonchev–Trinajstić information content (AvgIpc) is 3.07. The van der Waals surface area contributed by atoms with E-state index in [1.54, 1.807) is 0 Å². The predicted molar refractivity (Wildman–Crippen MR) is 138 cm³/mol. The number of nitrogens with one attached hydrogen (secondary N) is 2. The van der Waals surface area contributed by atoms with Gasteiger partial charge in [0.15, 0.2) is 0 Å². The Bertz CT molecular complexity index is 1140. The Morgan fingerprint density at radius 1 is 0.971 bits per heavy atom. The Kier molecular flexibility index (Phi) is 8.12. The molecule has 1 aliphatic rings. The Labute approximate surface area is 201 Å². The summed E-state index contributed by atoms with van der Waals surface area (Å²) in [6, 6.07) is 22.4. The molecule has 0 atom stereocenters. The number of unbranched alkanes of at least 4 members (excludes halogenated alkanes) is 1. The summed E-state index contributed by atoms with van der Waals surface area (Å²) in [5.41, 5.74) is 7.01. The molecule has 3 aromatic carbocycles. The molecule has 0 saturated carbocycles. The van der Waals surface area contributed by atoms with Crippen LogP contribution in [0.25, 0.3) is 17.2 Å². The number of amides is 1. The number of rotatable bonds is 9. The first kappa shape index (κ1) is 23.7. The number of aliphatic hydroxyl groups is 1. The lowest BCUT2D eigenvalue weighted by Gasteiger charge is -2.09. The SMILES string of the molecule is Cc1ccc(-c2ccc3c(c2)C=C(C(=O)Nc2ccc(CNCCCCO)cc2)CCO3)cc1. The topological polar surface area (TPSA) is 70.6 Å². The Hall–Kier alpha value is -3.41. The quantitative estimate of drug-likeness (QED) is 0.381. The average molecular weight is 457 g/mol. The molecule has 1 heterocycles. The van der Waals surface area contributed by atoms with Crippen LogP contribution < -0.4 is 15.4 Å². The molecule has 0 bridgehead atoms. The second kappa shape index (κ2) is 11.6. The largest absolute Gasteiger partial charge is 0.493 e. The fraction of sp³-hybridized carbons (Fsp3) is 0.276. The summed E-state index contributed by atoms with van der Waals surface area (Å²) >= 11 is 0. The van der Waals surface area contributed by atoms with Crippen molar-refractivity contribution in [3.8, 4) is 16.9 Å². The molecule has 1 amide bonds. The van der Waals surface area contributed by atoms with Crippen molar-refractivity contribution in [3.05, 3.63) is 89.0 Å². The molecular formula is C29H32N2O3. The summed E-state index contributed by atoms with van der Waals surface area (Å²) in [5, 5.41) is 15.2. The zero-order valence-electron chi connectivity index (χ0n) is 19.6. The summed E-state index contributed by atoms with van der Waals surface area (Å²) in [5.74, 6) is 0.696. The van der Waals surface area contributed by atoms with Gasteiger partial charge in [-0.15, -0.1) is 0 Å². The van der Waals surface area contributed by atoms with Gasteiger partial charge in [0.05, 0.1) is 6.61 Å². The summed E-state index contributed by atoms with van der Waals surface area (Å²) in [4.78, 5) is 13.0.